The number of aromatic nitrogens is 1. The summed E-state index contributed by atoms with van der Waals surface area (Å²) in [7, 11) is 0. The number of aromatic amines is 1. The molecule has 1 aromatic heterocycles. The molecule has 2 nitrogen and oxygen atoms in total. The molecule has 0 fully saturated rings. The molecule has 0 atom stereocenters. The van der Waals surface area contributed by atoms with Gasteiger partial charge in [-0.05, 0) is 31.0 Å². The molecule has 0 aliphatic rings. The molecule has 0 saturated heterocycles. The van der Waals surface area contributed by atoms with E-state index in [-0.39, 0.29) is 11.2 Å². The second-order valence-electron chi connectivity index (χ2n) is 3.81. The molecule has 1 N–H and O–H groups in total. The van der Waals surface area contributed by atoms with Crippen molar-refractivity contribution in [3.8, 4) is 0 Å². The van der Waals surface area contributed by atoms with Gasteiger partial charge in [-0.1, -0.05) is 13.8 Å². The van der Waals surface area contributed by atoms with E-state index >= 15 is 0 Å². The molecule has 2 rings (SSSR count). The number of rotatable bonds is 2. The molecule has 0 spiro atoms. The summed E-state index contributed by atoms with van der Waals surface area (Å²) in [5, 5.41) is 0.565. The Morgan fingerprint density at radius 1 is 1.25 bits per heavy atom. The monoisotopic (exact) mass is 219 g/mol. The maximum Gasteiger partial charge on any atom is 0.192 e. The second kappa shape index (κ2) is 4.08. The van der Waals surface area contributed by atoms with Crippen molar-refractivity contribution in [2.24, 2.45) is 0 Å². The molecule has 0 saturated carbocycles. The summed E-state index contributed by atoms with van der Waals surface area (Å²) in [4.78, 5) is 15.2. The van der Waals surface area contributed by atoms with Gasteiger partial charge in [0.2, 0.25) is 0 Å². The molecule has 0 amide bonds. The molecule has 16 heavy (non-hydrogen) atoms. The van der Waals surface area contributed by atoms with Gasteiger partial charge in [-0.25, -0.2) is 4.39 Å². The van der Waals surface area contributed by atoms with Gasteiger partial charge < -0.3 is 4.98 Å². The normalized spacial score (nSPS) is 10.9. The van der Waals surface area contributed by atoms with Gasteiger partial charge in [0.25, 0.3) is 0 Å². The third-order valence-corrected chi connectivity index (χ3v) is 2.86. The highest BCUT2D eigenvalue weighted by Crippen LogP contribution is 2.14. The lowest BCUT2D eigenvalue weighted by atomic mass is 10.0. The van der Waals surface area contributed by atoms with E-state index in [4.69, 9.17) is 0 Å². The summed E-state index contributed by atoms with van der Waals surface area (Å²) >= 11 is 0. The van der Waals surface area contributed by atoms with Crippen LogP contribution in [0, 0.1) is 5.82 Å². The van der Waals surface area contributed by atoms with Crippen LogP contribution in [0.25, 0.3) is 10.9 Å². The first-order chi connectivity index (χ1) is 7.67. The van der Waals surface area contributed by atoms with Gasteiger partial charge in [0.1, 0.15) is 5.82 Å². The van der Waals surface area contributed by atoms with Crippen LogP contribution in [0.1, 0.15) is 25.1 Å². The Kier molecular flexibility index (Phi) is 2.77. The van der Waals surface area contributed by atoms with Crippen LogP contribution in [0.4, 0.5) is 4.39 Å². The predicted octanol–water partition coefficient (Wildman–Crippen LogP) is 2.79. The summed E-state index contributed by atoms with van der Waals surface area (Å²) in [6, 6.07) is 4.24. The van der Waals surface area contributed by atoms with Crippen LogP contribution in [-0.2, 0) is 12.8 Å². The standard InChI is InChI=1S/C13H14FNO/c1-3-9-11(4-2)15-12-7-8(14)5-6-10(12)13(9)16/h5-7H,3-4H2,1-2H3,(H,15,16). The molecule has 0 bridgehead atoms. The first kappa shape index (κ1) is 10.9. The third kappa shape index (κ3) is 1.62. The molecule has 3 heteroatoms. The number of H-pyrrole nitrogens is 1. The lowest BCUT2D eigenvalue weighted by Crippen LogP contribution is -2.14. The Bertz CT molecular complexity index is 586. The zero-order chi connectivity index (χ0) is 11.7. The van der Waals surface area contributed by atoms with Crippen molar-refractivity contribution in [1.82, 2.24) is 4.98 Å². The van der Waals surface area contributed by atoms with E-state index < -0.39 is 0 Å². The molecular weight excluding hydrogens is 205 g/mol. The van der Waals surface area contributed by atoms with Gasteiger partial charge in [0.05, 0.1) is 5.52 Å². The van der Waals surface area contributed by atoms with Gasteiger partial charge in [0.15, 0.2) is 5.43 Å². The average molecular weight is 219 g/mol. The van der Waals surface area contributed by atoms with Crippen molar-refractivity contribution >= 4 is 10.9 Å². The fraction of sp³-hybridized carbons (Fsp3) is 0.308. The zero-order valence-electron chi connectivity index (χ0n) is 9.43. The topological polar surface area (TPSA) is 32.9 Å². The first-order valence-corrected chi connectivity index (χ1v) is 5.50. The number of benzene rings is 1. The number of pyridine rings is 1. The molecule has 0 unspecified atom stereocenters. The second-order valence-corrected chi connectivity index (χ2v) is 3.81. The molecule has 0 radical (unpaired) electrons. The summed E-state index contributed by atoms with van der Waals surface area (Å²) in [6.45, 7) is 3.94. The van der Waals surface area contributed by atoms with Crippen molar-refractivity contribution in [2.45, 2.75) is 26.7 Å². The Balaban J connectivity index is 2.87. The minimum Gasteiger partial charge on any atom is -0.358 e. The summed E-state index contributed by atoms with van der Waals surface area (Å²) < 4.78 is 13.1. The van der Waals surface area contributed by atoms with Crippen LogP contribution in [0.2, 0.25) is 0 Å². The van der Waals surface area contributed by atoms with Crippen molar-refractivity contribution < 1.29 is 4.39 Å². The molecule has 1 aromatic carbocycles. The smallest absolute Gasteiger partial charge is 0.192 e. The Labute approximate surface area is 93.1 Å². The number of hydrogen-bond acceptors (Lipinski definition) is 1. The maximum atomic E-state index is 13.1. The molecule has 0 aliphatic carbocycles. The van der Waals surface area contributed by atoms with E-state index in [1.165, 1.54) is 12.1 Å². The highest BCUT2D eigenvalue weighted by Gasteiger charge is 2.09. The number of hydrogen-bond donors (Lipinski definition) is 1. The number of halogens is 1. The fourth-order valence-electron chi connectivity index (χ4n) is 2.03. The largest absolute Gasteiger partial charge is 0.358 e. The minimum atomic E-state index is -0.325. The average Bonchev–Trinajstić information content (AvgIpc) is 2.28. The minimum absolute atomic E-state index is 0.0214. The van der Waals surface area contributed by atoms with E-state index in [1.54, 1.807) is 6.07 Å². The van der Waals surface area contributed by atoms with Gasteiger partial charge in [-0.15, -0.1) is 0 Å². The van der Waals surface area contributed by atoms with E-state index in [9.17, 15) is 9.18 Å². The summed E-state index contributed by atoms with van der Waals surface area (Å²) in [6.07, 6.45) is 1.46. The molecule has 2 aromatic rings. The number of nitrogens with one attached hydrogen (secondary N) is 1. The zero-order valence-corrected chi connectivity index (χ0v) is 9.43. The Morgan fingerprint density at radius 3 is 2.62 bits per heavy atom. The van der Waals surface area contributed by atoms with Gasteiger partial charge in [-0.2, -0.15) is 0 Å². The van der Waals surface area contributed by atoms with Crippen LogP contribution in [-0.4, -0.2) is 4.98 Å². The lowest BCUT2D eigenvalue weighted by molar-refractivity contribution is 0.629. The maximum absolute atomic E-state index is 13.1. The van der Waals surface area contributed by atoms with Crippen molar-refractivity contribution in [2.75, 3.05) is 0 Å². The fourth-order valence-corrected chi connectivity index (χ4v) is 2.03. The molecular formula is C13H14FNO. The Morgan fingerprint density at radius 2 is 2.00 bits per heavy atom. The molecule has 84 valence electrons. The SMILES string of the molecule is CCc1[nH]c2cc(F)ccc2c(=O)c1CC. The van der Waals surface area contributed by atoms with E-state index in [0.29, 0.717) is 17.3 Å². The molecule has 1 heterocycles. The van der Waals surface area contributed by atoms with Gasteiger partial charge >= 0.3 is 0 Å². The highest BCUT2D eigenvalue weighted by atomic mass is 19.1. The van der Waals surface area contributed by atoms with Crippen LogP contribution in [0.3, 0.4) is 0 Å². The van der Waals surface area contributed by atoms with Crippen LogP contribution in [0.15, 0.2) is 23.0 Å². The lowest BCUT2D eigenvalue weighted by Gasteiger charge is -2.08. The quantitative estimate of drug-likeness (QED) is 0.827. The van der Waals surface area contributed by atoms with Gasteiger partial charge in [0, 0.05) is 16.6 Å². The van der Waals surface area contributed by atoms with Crippen LogP contribution < -0.4 is 5.43 Å². The predicted molar refractivity (Wildman–Crippen MR) is 63.3 cm³/mol. The van der Waals surface area contributed by atoms with Crippen LogP contribution in [0.5, 0.6) is 0 Å². The van der Waals surface area contributed by atoms with E-state index in [2.05, 4.69) is 4.98 Å². The Hall–Kier alpha value is -1.64. The third-order valence-electron chi connectivity index (χ3n) is 2.86. The van der Waals surface area contributed by atoms with E-state index in [0.717, 1.165) is 17.7 Å². The molecule has 0 aliphatic heterocycles. The van der Waals surface area contributed by atoms with Crippen molar-refractivity contribution in [3.05, 3.63) is 45.5 Å². The van der Waals surface area contributed by atoms with E-state index in [1.807, 2.05) is 13.8 Å². The van der Waals surface area contributed by atoms with Crippen LogP contribution >= 0.6 is 0 Å². The van der Waals surface area contributed by atoms with Crippen molar-refractivity contribution in [1.29, 1.82) is 0 Å². The summed E-state index contributed by atoms with van der Waals surface area (Å²) in [5.41, 5.74) is 2.32. The number of fused-ring (bicyclic) bond motifs is 1. The number of aryl methyl sites for hydroxylation is 1. The van der Waals surface area contributed by atoms with Crippen molar-refractivity contribution in [3.63, 3.8) is 0 Å². The summed E-state index contributed by atoms with van der Waals surface area (Å²) in [5.74, 6) is -0.325. The van der Waals surface area contributed by atoms with Gasteiger partial charge in [-0.3, -0.25) is 4.79 Å². The first-order valence-electron chi connectivity index (χ1n) is 5.50. The highest BCUT2D eigenvalue weighted by molar-refractivity contribution is 5.79.